The largest absolute Gasteiger partial charge is 0.386 e. The van der Waals surface area contributed by atoms with Crippen molar-refractivity contribution in [3.63, 3.8) is 0 Å². The molecule has 1 aliphatic heterocycles. The fourth-order valence-corrected chi connectivity index (χ4v) is 1.63. The topological polar surface area (TPSA) is 98.1 Å². The van der Waals surface area contributed by atoms with Gasteiger partial charge in [-0.2, -0.15) is 5.10 Å². The fraction of sp³-hybridized carbons (Fsp3) is 0.250. The highest BCUT2D eigenvalue weighted by Gasteiger charge is 2.17. The number of carbonyl (C=O) groups is 1. The van der Waals surface area contributed by atoms with Gasteiger partial charge in [0.2, 0.25) is 5.96 Å². The second-order valence-corrected chi connectivity index (χ2v) is 3.96. The number of guanidine groups is 1. The molecule has 0 radical (unpaired) electrons. The second-order valence-electron chi connectivity index (χ2n) is 3.96. The molecule has 0 aliphatic carbocycles. The predicted octanol–water partition coefficient (Wildman–Crippen LogP) is -0.648. The number of hydrogen-bond donors (Lipinski definition) is 4. The minimum absolute atomic E-state index is 0.142. The van der Waals surface area contributed by atoms with E-state index in [-0.39, 0.29) is 6.04 Å². The van der Waals surface area contributed by atoms with Crippen molar-refractivity contribution in [2.24, 2.45) is 10.1 Å². The summed E-state index contributed by atoms with van der Waals surface area (Å²) in [6.07, 6.45) is 0. The van der Waals surface area contributed by atoms with Crippen LogP contribution in [0.1, 0.15) is 12.5 Å². The Balaban J connectivity index is 2.00. The van der Waals surface area contributed by atoms with Crippen molar-refractivity contribution in [1.82, 2.24) is 16.3 Å². The third kappa shape index (κ3) is 3.29. The van der Waals surface area contributed by atoms with Crippen molar-refractivity contribution in [1.29, 1.82) is 0 Å². The summed E-state index contributed by atoms with van der Waals surface area (Å²) in [6, 6.07) is 9.58. The second kappa shape index (κ2) is 5.96. The fourth-order valence-electron chi connectivity index (χ4n) is 1.63. The number of nitrogens with zero attached hydrogens (tertiary/aromatic N) is 2. The monoisotopic (exact) mass is 261 g/mol. The molecule has 0 saturated carbocycles. The number of amides is 1. The molecule has 0 spiro atoms. The van der Waals surface area contributed by atoms with Crippen molar-refractivity contribution in [3.05, 3.63) is 35.9 Å². The van der Waals surface area contributed by atoms with Crippen LogP contribution in [0.25, 0.3) is 0 Å². The zero-order chi connectivity index (χ0) is 13.7. The molecule has 1 aromatic rings. The Labute approximate surface area is 110 Å². The molecule has 1 unspecified atom stereocenters. The Morgan fingerprint density at radius 1 is 1.42 bits per heavy atom. The Kier molecular flexibility index (Phi) is 4.09. The Morgan fingerprint density at radius 2 is 2.16 bits per heavy atom. The molecule has 1 heterocycles. The van der Waals surface area contributed by atoms with E-state index in [9.17, 15) is 4.79 Å². The maximum Gasteiger partial charge on any atom is 0.264 e. The first kappa shape index (κ1) is 13.0. The van der Waals surface area contributed by atoms with Crippen LogP contribution in [0.5, 0.6) is 0 Å². The third-order valence-corrected chi connectivity index (χ3v) is 2.53. The molecule has 1 aromatic carbocycles. The minimum atomic E-state index is -0.589. The molecule has 0 saturated heterocycles. The standard InChI is InChI=1S/C12H15N5O2/c1-8-11(9-5-3-2-4-6-9)15-17-12(13-8)16-14-10(19)7-18/h2-6,8,18H,7H2,1H3,(H,14,19)(H2,13,16,17). The summed E-state index contributed by atoms with van der Waals surface area (Å²) in [5.41, 5.74) is 9.34. The summed E-state index contributed by atoms with van der Waals surface area (Å²) in [4.78, 5) is 15.2. The van der Waals surface area contributed by atoms with Gasteiger partial charge >= 0.3 is 0 Å². The van der Waals surface area contributed by atoms with Crippen molar-refractivity contribution >= 4 is 17.6 Å². The van der Waals surface area contributed by atoms with E-state index < -0.39 is 12.5 Å². The van der Waals surface area contributed by atoms with E-state index in [4.69, 9.17) is 5.11 Å². The van der Waals surface area contributed by atoms with Gasteiger partial charge in [-0.05, 0) is 12.5 Å². The molecule has 1 amide bonds. The van der Waals surface area contributed by atoms with Gasteiger partial charge in [-0.15, -0.1) is 0 Å². The lowest BCUT2D eigenvalue weighted by atomic mass is 10.0. The van der Waals surface area contributed by atoms with Gasteiger partial charge in [0, 0.05) is 0 Å². The molecule has 1 atom stereocenters. The van der Waals surface area contributed by atoms with E-state index in [0.717, 1.165) is 11.3 Å². The molecule has 0 fully saturated rings. The summed E-state index contributed by atoms with van der Waals surface area (Å²) < 4.78 is 0. The van der Waals surface area contributed by atoms with Crippen molar-refractivity contribution in [3.8, 4) is 0 Å². The predicted molar refractivity (Wildman–Crippen MR) is 71.4 cm³/mol. The number of aliphatic hydroxyl groups excluding tert-OH is 1. The van der Waals surface area contributed by atoms with Crippen LogP contribution in [0, 0.1) is 0 Å². The van der Waals surface area contributed by atoms with Crippen LogP contribution in [0.15, 0.2) is 40.4 Å². The van der Waals surface area contributed by atoms with E-state index in [2.05, 4.69) is 26.4 Å². The lowest BCUT2D eigenvalue weighted by molar-refractivity contribution is -0.124. The van der Waals surface area contributed by atoms with Crippen molar-refractivity contribution in [2.45, 2.75) is 13.0 Å². The summed E-state index contributed by atoms with van der Waals surface area (Å²) in [5.74, 6) is -0.219. The first-order valence-corrected chi connectivity index (χ1v) is 5.83. The van der Waals surface area contributed by atoms with Crippen molar-refractivity contribution in [2.75, 3.05) is 6.61 Å². The number of hydrogen-bond acceptors (Lipinski definition) is 6. The van der Waals surface area contributed by atoms with Gasteiger partial charge in [0.05, 0.1) is 11.8 Å². The van der Waals surface area contributed by atoms with Gasteiger partial charge in [-0.3, -0.25) is 15.6 Å². The van der Waals surface area contributed by atoms with Crippen LogP contribution >= 0.6 is 0 Å². The smallest absolute Gasteiger partial charge is 0.264 e. The number of benzene rings is 1. The lowest BCUT2D eigenvalue weighted by Crippen LogP contribution is -2.50. The number of hydrazine groups is 1. The number of nitrogens with one attached hydrogen (secondary N) is 3. The molecule has 2 rings (SSSR count). The molecule has 100 valence electrons. The summed E-state index contributed by atoms with van der Waals surface area (Å²) in [5, 5.41) is 12.8. The average molecular weight is 261 g/mol. The highest BCUT2D eigenvalue weighted by atomic mass is 16.3. The molecule has 4 N–H and O–H groups in total. The van der Waals surface area contributed by atoms with Gasteiger partial charge in [-0.1, -0.05) is 30.3 Å². The molecule has 0 aromatic heterocycles. The Morgan fingerprint density at radius 3 is 2.79 bits per heavy atom. The molecular weight excluding hydrogens is 246 g/mol. The van der Waals surface area contributed by atoms with Gasteiger partial charge in [-0.25, -0.2) is 10.4 Å². The summed E-state index contributed by atoms with van der Waals surface area (Å²) in [6.45, 7) is 1.32. The highest BCUT2D eigenvalue weighted by molar-refractivity contribution is 6.07. The molecule has 0 bridgehead atoms. The van der Waals surface area contributed by atoms with E-state index >= 15 is 0 Å². The van der Waals surface area contributed by atoms with Crippen LogP contribution in [0.4, 0.5) is 0 Å². The molecule has 1 aliphatic rings. The van der Waals surface area contributed by atoms with Crippen LogP contribution < -0.4 is 16.3 Å². The zero-order valence-electron chi connectivity index (χ0n) is 10.4. The van der Waals surface area contributed by atoms with Crippen molar-refractivity contribution < 1.29 is 9.90 Å². The summed E-state index contributed by atoms with van der Waals surface area (Å²) in [7, 11) is 0. The average Bonchev–Trinajstić information content (AvgIpc) is 2.45. The van der Waals surface area contributed by atoms with Crippen LogP contribution in [-0.4, -0.2) is 35.3 Å². The first-order valence-electron chi connectivity index (χ1n) is 5.83. The van der Waals surface area contributed by atoms with Crippen LogP contribution in [-0.2, 0) is 4.79 Å². The quantitative estimate of drug-likeness (QED) is 0.532. The minimum Gasteiger partial charge on any atom is -0.386 e. The van der Waals surface area contributed by atoms with Gasteiger partial charge in [0.25, 0.3) is 5.91 Å². The van der Waals surface area contributed by atoms with E-state index in [0.29, 0.717) is 5.96 Å². The molecule has 7 heteroatoms. The molecule has 7 nitrogen and oxygen atoms in total. The third-order valence-electron chi connectivity index (χ3n) is 2.53. The maximum atomic E-state index is 10.9. The van der Waals surface area contributed by atoms with Gasteiger partial charge in [0.15, 0.2) is 0 Å². The number of hydrazone groups is 1. The highest BCUT2D eigenvalue weighted by Crippen LogP contribution is 2.09. The van der Waals surface area contributed by atoms with E-state index in [1.165, 1.54) is 0 Å². The number of rotatable bonds is 2. The number of aliphatic hydroxyl groups is 1. The Bertz CT molecular complexity index is 512. The normalized spacial score (nSPS) is 17.9. The maximum absolute atomic E-state index is 10.9. The number of carbonyl (C=O) groups excluding carboxylic acids is 1. The number of aliphatic imine (C=N–C) groups is 1. The molecular formula is C12H15N5O2. The summed E-state index contributed by atoms with van der Waals surface area (Å²) >= 11 is 0. The SMILES string of the molecule is CC1N=C(NNC(=O)CO)NN=C1c1ccccc1. The van der Waals surface area contributed by atoms with Gasteiger partial charge in [0.1, 0.15) is 6.61 Å². The molecule has 19 heavy (non-hydrogen) atoms. The van der Waals surface area contributed by atoms with Crippen LogP contribution in [0.3, 0.4) is 0 Å². The Hall–Kier alpha value is -2.41. The van der Waals surface area contributed by atoms with Crippen LogP contribution in [0.2, 0.25) is 0 Å². The first-order chi connectivity index (χ1) is 9.20. The van der Waals surface area contributed by atoms with Gasteiger partial charge < -0.3 is 5.11 Å². The lowest BCUT2D eigenvalue weighted by Gasteiger charge is -2.20. The van der Waals surface area contributed by atoms with E-state index in [1.807, 2.05) is 37.3 Å². The van der Waals surface area contributed by atoms with E-state index in [1.54, 1.807) is 0 Å². The zero-order valence-corrected chi connectivity index (χ0v) is 10.4.